The van der Waals surface area contributed by atoms with Crippen LogP contribution < -0.4 is 10.6 Å². The van der Waals surface area contributed by atoms with Gasteiger partial charge in [0.15, 0.2) is 0 Å². The number of aromatic hydroxyl groups is 2. The number of benzene rings is 2. The molecular weight excluding hydrogens is 660 g/mol. The average Bonchev–Trinajstić information content (AvgIpc) is 2.97. The summed E-state index contributed by atoms with van der Waals surface area (Å²) in [5.74, 6) is -2.15. The molecule has 2 aromatic rings. The van der Waals surface area contributed by atoms with Crippen LogP contribution in [0.25, 0.3) is 0 Å². The number of carbonyl (C=O) groups is 4. The molecular formula is C42H64N2O8. The highest BCUT2D eigenvalue weighted by Gasteiger charge is 2.31. The Hall–Kier alpha value is -4.08. The average molecular weight is 725 g/mol. The second-order valence-corrected chi connectivity index (χ2v) is 17.8. The molecule has 290 valence electrons. The van der Waals surface area contributed by atoms with Gasteiger partial charge in [0.05, 0.1) is 13.1 Å². The number of hydrogen-bond acceptors (Lipinski definition) is 8. The first kappa shape index (κ1) is 44.1. The van der Waals surface area contributed by atoms with Crippen molar-refractivity contribution in [1.29, 1.82) is 0 Å². The van der Waals surface area contributed by atoms with Gasteiger partial charge in [-0.25, -0.2) is 0 Å². The molecule has 52 heavy (non-hydrogen) atoms. The third kappa shape index (κ3) is 14.5. The van der Waals surface area contributed by atoms with Crippen LogP contribution in [0, 0.1) is 24.7 Å². The van der Waals surface area contributed by atoms with Gasteiger partial charge in [-0.2, -0.15) is 0 Å². The molecule has 2 aromatic carbocycles. The summed E-state index contributed by atoms with van der Waals surface area (Å²) in [4.78, 5) is 49.2. The zero-order chi connectivity index (χ0) is 39.7. The Morgan fingerprint density at radius 2 is 0.904 bits per heavy atom. The second-order valence-electron chi connectivity index (χ2n) is 17.8. The summed E-state index contributed by atoms with van der Waals surface area (Å²) >= 11 is 0. The molecule has 0 aliphatic carbocycles. The largest absolute Gasteiger partial charge is 0.508 e. The molecule has 0 saturated carbocycles. The van der Waals surface area contributed by atoms with Crippen molar-refractivity contribution in [2.75, 3.05) is 26.3 Å². The van der Waals surface area contributed by atoms with Crippen molar-refractivity contribution in [3.05, 3.63) is 57.6 Å². The van der Waals surface area contributed by atoms with Crippen LogP contribution in [-0.2, 0) is 52.3 Å². The van der Waals surface area contributed by atoms with Crippen molar-refractivity contribution < 1.29 is 38.9 Å². The summed E-state index contributed by atoms with van der Waals surface area (Å²) in [6.07, 6.45) is 2.88. The number of hydrogen-bond donors (Lipinski definition) is 4. The third-order valence-electron chi connectivity index (χ3n) is 9.02. The standard InChI is InChI=1S/C42H64N2O8/c1-27-21-33(45)31(41(9,10)25-39(3,4)5)23-29(27)13-15-35(47)51-19-17-43-37(49)38(50)44-18-20-52-36(48)16-14-30-24-32(34(46)22-28(30)2)42(11,12)26-40(6,7)8/h21-24,45-46H,13-20,25-26H2,1-12H3,(H,43,49)(H,44,50). The van der Waals surface area contributed by atoms with E-state index in [9.17, 15) is 29.4 Å². The Balaban J connectivity index is 1.72. The Labute approximate surface area is 311 Å². The van der Waals surface area contributed by atoms with E-state index in [-0.39, 0.29) is 72.3 Å². The SMILES string of the molecule is Cc1cc(O)c(C(C)(C)CC(C)(C)C)cc1CCC(=O)OCCNC(=O)C(=O)NCCOC(=O)CCc1cc(C(C)(C)CC(C)(C)C)c(O)cc1C. The maximum atomic E-state index is 12.4. The summed E-state index contributed by atoms with van der Waals surface area (Å²) < 4.78 is 10.5. The summed E-state index contributed by atoms with van der Waals surface area (Å²) in [6, 6.07) is 7.45. The third-order valence-corrected chi connectivity index (χ3v) is 9.02. The summed E-state index contributed by atoms with van der Waals surface area (Å²) in [5.41, 5.74) is 5.02. The topological polar surface area (TPSA) is 151 Å². The van der Waals surface area contributed by atoms with E-state index >= 15 is 0 Å². The monoisotopic (exact) mass is 724 g/mol. The second kappa shape index (κ2) is 18.1. The zero-order valence-electron chi connectivity index (χ0n) is 33.7. The lowest BCUT2D eigenvalue weighted by Crippen LogP contribution is -2.42. The van der Waals surface area contributed by atoms with E-state index in [1.807, 2.05) is 26.0 Å². The van der Waals surface area contributed by atoms with Crippen molar-refractivity contribution in [3.63, 3.8) is 0 Å². The van der Waals surface area contributed by atoms with Gasteiger partial charge in [-0.05, 0) is 107 Å². The van der Waals surface area contributed by atoms with Crippen LogP contribution in [-0.4, -0.2) is 60.3 Å². The van der Waals surface area contributed by atoms with Gasteiger partial charge in [0.25, 0.3) is 0 Å². The van der Waals surface area contributed by atoms with Gasteiger partial charge in [-0.3, -0.25) is 19.2 Å². The number of ether oxygens (including phenoxy) is 2. The number of nitrogens with one attached hydrogen (secondary N) is 2. The number of rotatable bonds is 16. The molecule has 10 heteroatoms. The van der Waals surface area contributed by atoms with Crippen LogP contribution >= 0.6 is 0 Å². The summed E-state index contributed by atoms with van der Waals surface area (Å²) in [7, 11) is 0. The predicted molar refractivity (Wildman–Crippen MR) is 204 cm³/mol. The molecule has 0 spiro atoms. The van der Waals surface area contributed by atoms with Gasteiger partial charge in [-0.15, -0.1) is 0 Å². The van der Waals surface area contributed by atoms with Crippen LogP contribution in [0.5, 0.6) is 11.5 Å². The first-order valence-electron chi connectivity index (χ1n) is 18.3. The van der Waals surface area contributed by atoms with Crippen molar-refractivity contribution in [1.82, 2.24) is 10.6 Å². The number of phenolic OH excluding ortho intramolecular Hbond substituents is 2. The van der Waals surface area contributed by atoms with Gasteiger partial charge >= 0.3 is 23.8 Å². The molecule has 2 rings (SSSR count). The number of carbonyl (C=O) groups excluding carboxylic acids is 4. The Kier molecular flexibility index (Phi) is 15.3. The van der Waals surface area contributed by atoms with Gasteiger partial charge in [0, 0.05) is 12.8 Å². The minimum atomic E-state index is -0.888. The first-order valence-corrected chi connectivity index (χ1v) is 18.3. The maximum absolute atomic E-state index is 12.4. The van der Waals surface area contributed by atoms with Crippen LogP contribution in [0.4, 0.5) is 0 Å². The molecule has 0 atom stereocenters. The Morgan fingerprint density at radius 1 is 0.577 bits per heavy atom. The highest BCUT2D eigenvalue weighted by Crippen LogP contribution is 2.42. The van der Waals surface area contributed by atoms with Crippen LogP contribution in [0.2, 0.25) is 0 Å². The van der Waals surface area contributed by atoms with E-state index < -0.39 is 23.8 Å². The maximum Gasteiger partial charge on any atom is 0.309 e. The van der Waals surface area contributed by atoms with Crippen molar-refractivity contribution in [3.8, 4) is 11.5 Å². The van der Waals surface area contributed by atoms with E-state index in [1.165, 1.54) is 0 Å². The number of amides is 2. The number of aryl methyl sites for hydroxylation is 4. The molecule has 0 radical (unpaired) electrons. The zero-order valence-corrected chi connectivity index (χ0v) is 33.7. The molecule has 0 aliphatic rings. The highest BCUT2D eigenvalue weighted by atomic mass is 16.5. The Morgan fingerprint density at radius 3 is 1.21 bits per heavy atom. The van der Waals surface area contributed by atoms with E-state index in [4.69, 9.17) is 9.47 Å². The van der Waals surface area contributed by atoms with Gasteiger partial charge in [0.2, 0.25) is 0 Å². The molecule has 10 nitrogen and oxygen atoms in total. The predicted octanol–water partition coefficient (Wildman–Crippen LogP) is 7.03. The molecule has 2 amide bonds. The minimum Gasteiger partial charge on any atom is -0.508 e. The van der Waals surface area contributed by atoms with E-state index in [1.54, 1.807) is 12.1 Å². The molecule has 0 aliphatic heterocycles. The van der Waals surface area contributed by atoms with Crippen LogP contribution in [0.3, 0.4) is 0 Å². The quantitative estimate of drug-likeness (QED) is 0.0819. The lowest BCUT2D eigenvalue weighted by molar-refractivity contribution is -0.145. The normalized spacial score (nSPS) is 12.3. The van der Waals surface area contributed by atoms with Crippen molar-refractivity contribution in [2.24, 2.45) is 10.8 Å². The van der Waals surface area contributed by atoms with Crippen LogP contribution in [0.15, 0.2) is 24.3 Å². The molecule has 0 heterocycles. The molecule has 0 aromatic heterocycles. The van der Waals surface area contributed by atoms with E-state index in [0.29, 0.717) is 12.8 Å². The van der Waals surface area contributed by atoms with E-state index in [0.717, 1.165) is 46.2 Å². The lowest BCUT2D eigenvalue weighted by atomic mass is 9.71. The van der Waals surface area contributed by atoms with Gasteiger partial charge in [-0.1, -0.05) is 81.4 Å². The van der Waals surface area contributed by atoms with Crippen LogP contribution in [0.1, 0.15) is 128 Å². The molecule has 0 fully saturated rings. The molecule has 0 saturated heterocycles. The smallest absolute Gasteiger partial charge is 0.309 e. The molecule has 0 bridgehead atoms. The number of esters is 2. The Bertz CT molecular complexity index is 1460. The fraction of sp³-hybridized carbons (Fsp3) is 0.619. The summed E-state index contributed by atoms with van der Waals surface area (Å²) in [5, 5.41) is 26.2. The van der Waals surface area contributed by atoms with Crippen molar-refractivity contribution >= 4 is 23.8 Å². The summed E-state index contributed by atoms with van der Waals surface area (Å²) in [6.45, 7) is 25.0. The molecule has 0 unspecified atom stereocenters. The fourth-order valence-corrected chi connectivity index (χ4v) is 7.38. The fourth-order valence-electron chi connectivity index (χ4n) is 7.38. The molecule has 4 N–H and O–H groups in total. The highest BCUT2D eigenvalue weighted by molar-refractivity contribution is 6.35. The van der Waals surface area contributed by atoms with Gasteiger partial charge < -0.3 is 30.3 Å². The number of phenols is 2. The lowest BCUT2D eigenvalue weighted by Gasteiger charge is -2.34. The van der Waals surface area contributed by atoms with Gasteiger partial charge in [0.1, 0.15) is 24.7 Å². The minimum absolute atomic E-state index is 0.0395. The van der Waals surface area contributed by atoms with Crippen molar-refractivity contribution in [2.45, 2.75) is 132 Å². The van der Waals surface area contributed by atoms with E-state index in [2.05, 4.69) is 79.9 Å². The first-order chi connectivity index (χ1) is 23.8.